The van der Waals surface area contributed by atoms with Gasteiger partial charge in [-0.05, 0) is 80.5 Å². The van der Waals surface area contributed by atoms with Gasteiger partial charge in [-0.15, -0.1) is 0 Å². The Bertz CT molecular complexity index is 1090. The van der Waals surface area contributed by atoms with Crippen LogP contribution < -0.4 is 10.0 Å². The molecule has 1 aromatic rings. The molecular weight excluding hydrogens is 438 g/mol. The maximum absolute atomic E-state index is 12.6. The van der Waals surface area contributed by atoms with Crippen molar-refractivity contribution in [2.75, 3.05) is 17.6 Å². The van der Waals surface area contributed by atoms with Crippen LogP contribution in [0.3, 0.4) is 0 Å². The van der Waals surface area contributed by atoms with Crippen molar-refractivity contribution in [3.63, 3.8) is 0 Å². The number of urea groups is 1. The number of benzene rings is 1. The Morgan fingerprint density at radius 1 is 1.06 bits per heavy atom. The fourth-order valence-corrected chi connectivity index (χ4v) is 7.03. The lowest BCUT2D eigenvalue weighted by Gasteiger charge is -2.20. The highest BCUT2D eigenvalue weighted by molar-refractivity contribution is 7.93. The van der Waals surface area contributed by atoms with Gasteiger partial charge in [0.1, 0.15) is 0 Å². The Morgan fingerprint density at radius 3 is 2.32 bits per heavy atom. The molecule has 1 saturated heterocycles. The summed E-state index contributed by atoms with van der Waals surface area (Å²) in [7, 11) is -7.46. The van der Waals surface area contributed by atoms with Gasteiger partial charge in [-0.2, -0.15) is 4.31 Å². The molecule has 1 aliphatic heterocycles. The second kappa shape index (κ2) is 8.55. The standard InChI is InChI=1S/C21H29N3O5S2/c1-2-31(28,29)24-12-5-8-17(24)11-13-30(26,27)23-21(25)22-20-18-9-3-6-15(18)14-16-7-4-10-19(16)20/h11,13-14,17H,2-10,12H2,1H3,(H2,22,23,25)/b13-11+. The predicted octanol–water partition coefficient (Wildman–Crippen LogP) is 2.44. The fourth-order valence-electron chi connectivity index (χ4n) is 4.93. The summed E-state index contributed by atoms with van der Waals surface area (Å²) in [6.07, 6.45) is 8.39. The molecule has 31 heavy (non-hydrogen) atoms. The van der Waals surface area contributed by atoms with E-state index in [0.717, 1.165) is 60.7 Å². The molecule has 8 nitrogen and oxygen atoms in total. The summed E-state index contributed by atoms with van der Waals surface area (Å²) < 4.78 is 52.6. The van der Waals surface area contributed by atoms with E-state index in [1.54, 1.807) is 6.92 Å². The molecule has 1 fully saturated rings. The van der Waals surface area contributed by atoms with Crippen LogP contribution in [-0.4, -0.2) is 45.5 Å². The van der Waals surface area contributed by atoms with Crippen molar-refractivity contribution in [2.24, 2.45) is 0 Å². The van der Waals surface area contributed by atoms with Gasteiger partial charge in [0.05, 0.1) is 5.75 Å². The predicted molar refractivity (Wildman–Crippen MR) is 120 cm³/mol. The minimum absolute atomic E-state index is 0.0313. The minimum atomic E-state index is -4.06. The fraction of sp³-hybridized carbons (Fsp3) is 0.571. The number of carbonyl (C=O) groups excluding carboxylic acids is 1. The first kappa shape index (κ1) is 22.3. The number of hydrogen-bond donors (Lipinski definition) is 2. The maximum Gasteiger partial charge on any atom is 0.333 e. The summed E-state index contributed by atoms with van der Waals surface area (Å²) in [6, 6.07) is 0.944. The van der Waals surface area contributed by atoms with Crippen LogP contribution in [0.5, 0.6) is 0 Å². The summed E-state index contributed by atoms with van der Waals surface area (Å²) in [5, 5.41) is 3.70. The van der Waals surface area contributed by atoms with E-state index in [9.17, 15) is 21.6 Å². The quantitative estimate of drug-likeness (QED) is 0.667. The lowest BCUT2D eigenvalue weighted by Crippen LogP contribution is -2.36. The molecule has 1 unspecified atom stereocenters. The number of fused-ring (bicyclic) bond motifs is 2. The second-order valence-corrected chi connectivity index (χ2v) is 12.2. The summed E-state index contributed by atoms with van der Waals surface area (Å²) in [5.74, 6) is -0.0313. The van der Waals surface area contributed by atoms with Gasteiger partial charge in [0.25, 0.3) is 10.0 Å². The molecule has 3 aliphatic rings. The smallest absolute Gasteiger partial charge is 0.307 e. The van der Waals surface area contributed by atoms with E-state index < -0.39 is 32.1 Å². The number of hydrogen-bond acceptors (Lipinski definition) is 5. The molecule has 2 amide bonds. The highest BCUT2D eigenvalue weighted by Gasteiger charge is 2.32. The van der Waals surface area contributed by atoms with Crippen molar-refractivity contribution in [2.45, 2.75) is 64.3 Å². The van der Waals surface area contributed by atoms with Crippen LogP contribution in [0.15, 0.2) is 17.6 Å². The lowest BCUT2D eigenvalue weighted by atomic mass is 9.99. The molecule has 10 heteroatoms. The Morgan fingerprint density at radius 2 is 1.71 bits per heavy atom. The first-order chi connectivity index (χ1) is 14.7. The number of nitrogens with one attached hydrogen (secondary N) is 2. The summed E-state index contributed by atoms with van der Waals surface area (Å²) in [6.45, 7) is 1.94. The minimum Gasteiger partial charge on any atom is -0.307 e. The zero-order valence-electron chi connectivity index (χ0n) is 17.7. The zero-order valence-corrected chi connectivity index (χ0v) is 19.3. The van der Waals surface area contributed by atoms with Gasteiger partial charge in [-0.1, -0.05) is 12.1 Å². The molecule has 4 rings (SSSR count). The van der Waals surface area contributed by atoms with Crippen molar-refractivity contribution >= 4 is 31.8 Å². The molecular formula is C21H29N3O5S2. The Kier molecular flexibility index (Phi) is 6.15. The average Bonchev–Trinajstić information content (AvgIpc) is 3.45. The number of aryl methyl sites for hydroxylation is 2. The van der Waals surface area contributed by atoms with Crippen LogP contribution in [0.4, 0.5) is 10.5 Å². The topological polar surface area (TPSA) is 113 Å². The normalized spacial score (nSPS) is 21.4. The second-order valence-electron chi connectivity index (χ2n) is 8.38. The molecule has 2 N–H and O–H groups in total. The van der Waals surface area contributed by atoms with Gasteiger partial charge < -0.3 is 5.32 Å². The Labute approximate surface area is 184 Å². The first-order valence-corrected chi connectivity index (χ1v) is 14.0. The van der Waals surface area contributed by atoms with E-state index in [2.05, 4.69) is 11.4 Å². The van der Waals surface area contributed by atoms with Gasteiger partial charge in [-0.25, -0.2) is 26.4 Å². The van der Waals surface area contributed by atoms with Gasteiger partial charge in [0, 0.05) is 23.7 Å². The molecule has 0 saturated carbocycles. The van der Waals surface area contributed by atoms with Crippen molar-refractivity contribution in [1.82, 2.24) is 9.03 Å². The number of carbonyl (C=O) groups is 1. The van der Waals surface area contributed by atoms with Gasteiger partial charge in [0.15, 0.2) is 0 Å². The first-order valence-electron chi connectivity index (χ1n) is 10.9. The molecule has 1 atom stereocenters. The third-order valence-corrected chi connectivity index (χ3v) is 9.28. The van der Waals surface area contributed by atoms with Crippen LogP contribution in [0.2, 0.25) is 0 Å². The molecule has 0 bridgehead atoms. The van der Waals surface area contributed by atoms with Gasteiger partial charge in [0.2, 0.25) is 10.0 Å². The highest BCUT2D eigenvalue weighted by Crippen LogP contribution is 2.38. The monoisotopic (exact) mass is 467 g/mol. The van der Waals surface area contributed by atoms with Crippen LogP contribution in [0, 0.1) is 0 Å². The van der Waals surface area contributed by atoms with Gasteiger partial charge in [-0.3, -0.25) is 0 Å². The van der Waals surface area contributed by atoms with Crippen molar-refractivity contribution in [3.05, 3.63) is 39.8 Å². The van der Waals surface area contributed by atoms with E-state index >= 15 is 0 Å². The van der Waals surface area contributed by atoms with Crippen molar-refractivity contribution < 1.29 is 21.6 Å². The SMILES string of the molecule is CCS(=O)(=O)N1CCCC1/C=C/S(=O)(=O)NC(=O)Nc1c2c(cc3c1CCC3)CCC2. The van der Waals surface area contributed by atoms with Crippen LogP contribution in [0.25, 0.3) is 0 Å². The van der Waals surface area contributed by atoms with E-state index in [1.807, 2.05) is 4.72 Å². The van der Waals surface area contributed by atoms with E-state index in [0.29, 0.717) is 19.4 Å². The average molecular weight is 468 g/mol. The zero-order chi connectivity index (χ0) is 22.2. The van der Waals surface area contributed by atoms with Crippen molar-refractivity contribution in [1.29, 1.82) is 0 Å². The molecule has 170 valence electrons. The molecule has 0 spiro atoms. The van der Waals surface area contributed by atoms with Crippen molar-refractivity contribution in [3.8, 4) is 0 Å². The summed E-state index contributed by atoms with van der Waals surface area (Å²) in [4.78, 5) is 12.6. The van der Waals surface area contributed by atoms with Gasteiger partial charge >= 0.3 is 6.03 Å². The number of nitrogens with zero attached hydrogens (tertiary/aromatic N) is 1. The maximum atomic E-state index is 12.6. The van der Waals surface area contributed by atoms with E-state index in [4.69, 9.17) is 0 Å². The number of amides is 2. The molecule has 0 radical (unpaired) electrons. The summed E-state index contributed by atoms with van der Waals surface area (Å²) >= 11 is 0. The molecule has 0 aromatic heterocycles. The number of sulfonamides is 2. The number of rotatable bonds is 6. The highest BCUT2D eigenvalue weighted by atomic mass is 32.2. The Balaban J connectivity index is 1.46. The third kappa shape index (κ3) is 4.65. The molecule has 1 aromatic carbocycles. The summed E-state index contributed by atoms with van der Waals surface area (Å²) in [5.41, 5.74) is 5.51. The van der Waals surface area contributed by atoms with Crippen LogP contribution >= 0.6 is 0 Å². The Hall–Kier alpha value is -1.91. The van der Waals surface area contributed by atoms with Crippen LogP contribution in [-0.2, 0) is 45.7 Å². The largest absolute Gasteiger partial charge is 0.333 e. The van der Waals surface area contributed by atoms with E-state index in [-0.39, 0.29) is 5.75 Å². The lowest BCUT2D eigenvalue weighted by molar-refractivity contribution is 0.256. The van der Waals surface area contributed by atoms with E-state index in [1.165, 1.54) is 21.5 Å². The molecule has 2 aliphatic carbocycles. The van der Waals surface area contributed by atoms with Crippen LogP contribution in [0.1, 0.15) is 54.9 Å². The number of anilines is 1. The third-order valence-electron chi connectivity index (χ3n) is 6.40. The molecule has 1 heterocycles.